The van der Waals surface area contributed by atoms with Crippen molar-refractivity contribution in [3.63, 3.8) is 0 Å². The number of hydrogen-bond donors (Lipinski definition) is 0. The van der Waals surface area contributed by atoms with Gasteiger partial charge in [-0.05, 0) is 98.9 Å². The Bertz CT molecular complexity index is 1780. The van der Waals surface area contributed by atoms with Crippen molar-refractivity contribution < 1.29 is 25.8 Å². The Morgan fingerprint density at radius 2 is 0.875 bits per heavy atom. The minimum Gasteiger partial charge on any atom is -0.164 e. The standard InChI is InChI=1S/2C22H25.C2H6Si.Hf/c2*1-5-6-8-18-13-19-9-7-10-21(22(19)14-18)20-12-11-15(2)16(3)17(20)4;1-3-2;/h2*7,9-14H,5-6,8H2,1-4H3;1-2H3;/q2*-1;;. The molecule has 0 atom stereocenters. The molecule has 2 heteroatoms. The fourth-order valence-electron chi connectivity index (χ4n) is 6.61. The average Bonchev–Trinajstić information content (AvgIpc) is 3.69. The Balaban J connectivity index is 0.000000236. The van der Waals surface area contributed by atoms with Crippen molar-refractivity contribution in [2.45, 2.75) is 107 Å². The van der Waals surface area contributed by atoms with Gasteiger partial charge in [-0.25, -0.2) is 0 Å². The third kappa shape index (κ3) is 9.24. The molecule has 6 aromatic rings. The van der Waals surface area contributed by atoms with Crippen LogP contribution in [0.2, 0.25) is 13.1 Å². The third-order valence-electron chi connectivity index (χ3n) is 9.96. The maximum Gasteiger partial charge on any atom is 0.0307 e. The molecule has 0 saturated carbocycles. The van der Waals surface area contributed by atoms with Crippen LogP contribution in [0, 0.1) is 41.5 Å². The van der Waals surface area contributed by atoms with Crippen LogP contribution in [-0.2, 0) is 38.7 Å². The van der Waals surface area contributed by atoms with Crippen LogP contribution in [-0.4, -0.2) is 9.52 Å². The van der Waals surface area contributed by atoms with Crippen molar-refractivity contribution in [2.75, 3.05) is 0 Å². The zero-order valence-corrected chi connectivity index (χ0v) is 35.9. The van der Waals surface area contributed by atoms with E-state index >= 15 is 0 Å². The van der Waals surface area contributed by atoms with Crippen LogP contribution in [0.15, 0.2) is 84.9 Å². The summed E-state index contributed by atoms with van der Waals surface area (Å²) in [6.45, 7) is 22.2. The van der Waals surface area contributed by atoms with Gasteiger partial charge in [-0.3, -0.25) is 0 Å². The largest absolute Gasteiger partial charge is 0.164 e. The van der Waals surface area contributed by atoms with E-state index in [9.17, 15) is 0 Å². The molecule has 0 bridgehead atoms. The molecule has 0 aliphatic rings. The van der Waals surface area contributed by atoms with Gasteiger partial charge in [0.1, 0.15) is 0 Å². The Morgan fingerprint density at radius 3 is 1.23 bits per heavy atom. The summed E-state index contributed by atoms with van der Waals surface area (Å²) in [7, 11) is 1.08. The van der Waals surface area contributed by atoms with E-state index in [1.807, 2.05) is 0 Å². The molecular weight excluding hydrogens is 759 g/mol. The topological polar surface area (TPSA) is 0 Å². The van der Waals surface area contributed by atoms with Gasteiger partial charge in [0.25, 0.3) is 0 Å². The van der Waals surface area contributed by atoms with Crippen molar-refractivity contribution in [1.29, 1.82) is 0 Å². The fraction of sp³-hybridized carbons (Fsp3) is 0.348. The summed E-state index contributed by atoms with van der Waals surface area (Å²) in [5.41, 5.74) is 16.8. The SMILES string of the molecule is CCCCc1cc2c(-c3ccc(C)c(C)c3C)cccc2[cH-]1.CCCCc1cc2c(-c3ccc(C)c(C)c3C)cccc2[cH-]1.C[Si]C.[Hf]. The number of aryl methyl sites for hydroxylation is 4. The molecular formula is C46H56HfSi-2. The molecule has 0 aliphatic carbocycles. The van der Waals surface area contributed by atoms with Crippen LogP contribution in [0.1, 0.15) is 84.0 Å². The Morgan fingerprint density at radius 1 is 0.500 bits per heavy atom. The molecule has 0 aliphatic heterocycles. The van der Waals surface area contributed by atoms with E-state index in [2.05, 4.69) is 153 Å². The molecule has 48 heavy (non-hydrogen) atoms. The minimum absolute atomic E-state index is 0. The van der Waals surface area contributed by atoms with Crippen LogP contribution in [0.3, 0.4) is 0 Å². The molecule has 0 fully saturated rings. The second-order valence-electron chi connectivity index (χ2n) is 13.4. The molecule has 250 valence electrons. The predicted molar refractivity (Wildman–Crippen MR) is 213 cm³/mol. The number of unbranched alkanes of at least 4 members (excludes halogenated alkanes) is 2. The predicted octanol–water partition coefficient (Wildman–Crippen LogP) is 13.8. The van der Waals surface area contributed by atoms with Crippen LogP contribution >= 0.6 is 0 Å². The molecule has 0 nitrogen and oxygen atoms in total. The monoisotopic (exact) mass is 816 g/mol. The van der Waals surface area contributed by atoms with Gasteiger partial charge in [-0.1, -0.05) is 100 Å². The molecule has 0 unspecified atom stereocenters. The summed E-state index contributed by atoms with van der Waals surface area (Å²) < 4.78 is 0. The van der Waals surface area contributed by atoms with E-state index in [1.54, 1.807) is 0 Å². The fourth-order valence-corrected chi connectivity index (χ4v) is 6.61. The summed E-state index contributed by atoms with van der Waals surface area (Å²) in [4.78, 5) is 0. The van der Waals surface area contributed by atoms with Gasteiger partial charge >= 0.3 is 0 Å². The van der Waals surface area contributed by atoms with E-state index in [0.29, 0.717) is 0 Å². The van der Waals surface area contributed by atoms with Gasteiger partial charge in [0.15, 0.2) is 0 Å². The average molecular weight is 816 g/mol. The van der Waals surface area contributed by atoms with Gasteiger partial charge < -0.3 is 0 Å². The molecule has 0 spiro atoms. The number of benzene rings is 4. The zero-order chi connectivity index (χ0) is 34.1. The van der Waals surface area contributed by atoms with Crippen LogP contribution in [0.25, 0.3) is 43.8 Å². The molecule has 0 amide bonds. The van der Waals surface area contributed by atoms with Crippen molar-refractivity contribution in [3.8, 4) is 22.3 Å². The summed E-state index contributed by atoms with van der Waals surface area (Å²) in [6.07, 6.45) is 7.44. The van der Waals surface area contributed by atoms with Gasteiger partial charge in [-0.15, -0.1) is 69.1 Å². The minimum atomic E-state index is 0. The van der Waals surface area contributed by atoms with Crippen LogP contribution < -0.4 is 0 Å². The summed E-state index contributed by atoms with van der Waals surface area (Å²) >= 11 is 0. The number of rotatable bonds is 8. The smallest absolute Gasteiger partial charge is 0.0307 e. The molecule has 6 aromatic carbocycles. The van der Waals surface area contributed by atoms with Gasteiger partial charge in [-0.2, -0.15) is 12.1 Å². The Kier molecular flexibility index (Phi) is 15.5. The van der Waals surface area contributed by atoms with Crippen molar-refractivity contribution >= 4 is 31.1 Å². The molecule has 6 rings (SSSR count). The number of fused-ring (bicyclic) bond motifs is 2. The van der Waals surface area contributed by atoms with Gasteiger partial charge in [0.05, 0.1) is 0 Å². The van der Waals surface area contributed by atoms with E-state index in [-0.39, 0.29) is 25.8 Å². The third-order valence-corrected chi connectivity index (χ3v) is 9.96. The van der Waals surface area contributed by atoms with E-state index < -0.39 is 0 Å². The zero-order valence-electron chi connectivity index (χ0n) is 31.3. The van der Waals surface area contributed by atoms with Crippen LogP contribution in [0.5, 0.6) is 0 Å². The molecule has 0 N–H and O–H groups in total. The molecule has 0 saturated heterocycles. The van der Waals surface area contributed by atoms with E-state index in [0.717, 1.165) is 9.52 Å². The molecule has 2 radical (unpaired) electrons. The van der Waals surface area contributed by atoms with Gasteiger partial charge in [0.2, 0.25) is 0 Å². The summed E-state index contributed by atoms with van der Waals surface area (Å²) in [5, 5.41) is 5.56. The van der Waals surface area contributed by atoms with Crippen molar-refractivity contribution in [3.05, 3.63) is 129 Å². The van der Waals surface area contributed by atoms with Crippen molar-refractivity contribution in [2.24, 2.45) is 0 Å². The van der Waals surface area contributed by atoms with E-state index in [4.69, 9.17) is 0 Å². The maximum atomic E-state index is 2.40. The van der Waals surface area contributed by atoms with Crippen LogP contribution in [0.4, 0.5) is 0 Å². The Hall–Kier alpha value is -2.81. The van der Waals surface area contributed by atoms with E-state index in [1.165, 1.54) is 127 Å². The summed E-state index contributed by atoms with van der Waals surface area (Å²) in [6, 6.07) is 32.0. The molecule has 0 heterocycles. The molecule has 0 aromatic heterocycles. The first-order valence-corrected chi connectivity index (χ1v) is 19.7. The first-order chi connectivity index (χ1) is 22.6. The summed E-state index contributed by atoms with van der Waals surface area (Å²) in [5.74, 6) is 0. The first-order valence-electron chi connectivity index (χ1n) is 17.7. The first kappa shape index (κ1) is 39.6. The Labute approximate surface area is 313 Å². The quantitative estimate of drug-likeness (QED) is 0.106. The van der Waals surface area contributed by atoms with Gasteiger partial charge in [0, 0.05) is 35.4 Å². The second-order valence-corrected chi connectivity index (χ2v) is 14.4. The normalized spacial score (nSPS) is 10.7. The van der Waals surface area contributed by atoms with Crippen molar-refractivity contribution in [1.82, 2.24) is 0 Å². The second kappa shape index (κ2) is 18.8. The maximum absolute atomic E-state index is 2.40. The number of hydrogen-bond acceptors (Lipinski definition) is 0.